The zero-order valence-corrected chi connectivity index (χ0v) is 23.4. The fourth-order valence-electron chi connectivity index (χ4n) is 3.33. The van der Waals surface area contributed by atoms with Crippen LogP contribution in [0.15, 0.2) is 36.4 Å². The molecule has 0 aliphatic heterocycles. The maximum atomic E-state index is 13.6. The van der Waals surface area contributed by atoms with E-state index in [1.54, 1.807) is 44.2 Å². The summed E-state index contributed by atoms with van der Waals surface area (Å²) >= 11 is 18.3. The van der Waals surface area contributed by atoms with Gasteiger partial charge in [-0.15, -0.1) is 0 Å². The molecule has 0 saturated heterocycles. The number of halogens is 3. The van der Waals surface area contributed by atoms with E-state index < -0.39 is 28.5 Å². The summed E-state index contributed by atoms with van der Waals surface area (Å²) in [6, 6.07) is 8.75. The molecule has 2 rings (SSSR count). The minimum absolute atomic E-state index is 0.0247. The number of hydrogen-bond acceptors (Lipinski definition) is 4. The van der Waals surface area contributed by atoms with E-state index in [-0.39, 0.29) is 18.5 Å². The molecule has 0 saturated carbocycles. The van der Waals surface area contributed by atoms with Crippen molar-refractivity contribution in [2.24, 2.45) is 0 Å². The zero-order valence-electron chi connectivity index (χ0n) is 20.3. The van der Waals surface area contributed by atoms with Gasteiger partial charge in [0.2, 0.25) is 21.8 Å². The zero-order chi connectivity index (χ0) is 26.5. The Hall–Kier alpha value is -2.00. The molecule has 1 N–H and O–H groups in total. The van der Waals surface area contributed by atoms with E-state index in [0.717, 1.165) is 17.0 Å². The number of anilines is 1. The molecule has 7 nitrogen and oxygen atoms in total. The standard InChI is InChI=1S/C24H30Cl3N3O4S/c1-6-16(3)28-24(32)17(4)29(13-18-8-10-20(26)21(27)11-18)23(31)14-30(35(5,33)34)22-12-19(25)9-7-15(22)2/h7-12,16-17H,6,13-14H2,1-5H3,(H,28,32)/t16-,17-/m0/s1. The summed E-state index contributed by atoms with van der Waals surface area (Å²) in [5.41, 5.74) is 1.56. The molecule has 0 bridgehead atoms. The number of carbonyl (C=O) groups is 2. The smallest absolute Gasteiger partial charge is 0.244 e. The molecule has 2 aromatic carbocycles. The van der Waals surface area contributed by atoms with Crippen LogP contribution >= 0.6 is 34.8 Å². The first-order valence-corrected chi connectivity index (χ1v) is 14.0. The molecule has 0 unspecified atom stereocenters. The Bertz CT molecular complexity index is 1190. The van der Waals surface area contributed by atoms with Gasteiger partial charge in [0.25, 0.3) is 0 Å². The van der Waals surface area contributed by atoms with E-state index in [1.807, 2.05) is 13.8 Å². The van der Waals surface area contributed by atoms with Gasteiger partial charge in [0.15, 0.2) is 0 Å². The highest BCUT2D eigenvalue weighted by Gasteiger charge is 2.31. The molecule has 0 fully saturated rings. The van der Waals surface area contributed by atoms with Crippen LogP contribution in [0.1, 0.15) is 38.3 Å². The number of nitrogens with zero attached hydrogens (tertiary/aromatic N) is 2. The molecule has 0 aliphatic carbocycles. The fraction of sp³-hybridized carbons (Fsp3) is 0.417. The monoisotopic (exact) mass is 561 g/mol. The lowest BCUT2D eigenvalue weighted by molar-refractivity contribution is -0.139. The number of amides is 2. The third kappa shape index (κ3) is 8.00. The molecule has 0 radical (unpaired) electrons. The lowest BCUT2D eigenvalue weighted by Gasteiger charge is -2.32. The Morgan fingerprint density at radius 2 is 1.69 bits per heavy atom. The summed E-state index contributed by atoms with van der Waals surface area (Å²) < 4.78 is 26.4. The van der Waals surface area contributed by atoms with Crippen molar-refractivity contribution in [3.63, 3.8) is 0 Å². The van der Waals surface area contributed by atoms with E-state index in [4.69, 9.17) is 34.8 Å². The summed E-state index contributed by atoms with van der Waals surface area (Å²) in [5, 5.41) is 3.87. The highest BCUT2D eigenvalue weighted by atomic mass is 35.5. The molecule has 11 heteroatoms. The van der Waals surface area contributed by atoms with Gasteiger partial charge in [0.05, 0.1) is 22.0 Å². The summed E-state index contributed by atoms with van der Waals surface area (Å²) in [4.78, 5) is 27.8. The Labute approximate surface area is 222 Å². The van der Waals surface area contributed by atoms with Crippen LogP contribution in [0.4, 0.5) is 5.69 Å². The molecular formula is C24H30Cl3N3O4S. The number of hydrogen-bond donors (Lipinski definition) is 1. The minimum atomic E-state index is -3.85. The molecule has 35 heavy (non-hydrogen) atoms. The molecule has 0 aliphatic rings. The first-order valence-electron chi connectivity index (χ1n) is 11.0. The third-order valence-corrected chi connectivity index (χ3v) is 7.72. The number of rotatable bonds is 10. The number of sulfonamides is 1. The van der Waals surface area contributed by atoms with Gasteiger partial charge in [-0.1, -0.05) is 53.9 Å². The van der Waals surface area contributed by atoms with Gasteiger partial charge >= 0.3 is 0 Å². The van der Waals surface area contributed by atoms with Gasteiger partial charge in [-0.3, -0.25) is 13.9 Å². The van der Waals surface area contributed by atoms with E-state index in [0.29, 0.717) is 31.9 Å². The van der Waals surface area contributed by atoms with Crippen LogP contribution in [-0.4, -0.2) is 50.0 Å². The van der Waals surface area contributed by atoms with E-state index >= 15 is 0 Å². The highest BCUT2D eigenvalue weighted by Crippen LogP contribution is 2.27. The average Bonchev–Trinajstić information content (AvgIpc) is 2.78. The Balaban J connectivity index is 2.45. The first-order chi connectivity index (χ1) is 16.2. The molecule has 2 aromatic rings. The van der Waals surface area contributed by atoms with Crippen LogP contribution in [0.25, 0.3) is 0 Å². The van der Waals surface area contributed by atoms with E-state index in [2.05, 4.69) is 5.32 Å². The fourth-order valence-corrected chi connectivity index (χ4v) is 4.71. The van der Waals surface area contributed by atoms with Crippen molar-refractivity contribution in [2.45, 2.75) is 52.7 Å². The van der Waals surface area contributed by atoms with Crippen molar-refractivity contribution in [2.75, 3.05) is 17.1 Å². The van der Waals surface area contributed by atoms with Crippen LogP contribution in [0.5, 0.6) is 0 Å². The molecule has 0 aromatic heterocycles. The van der Waals surface area contributed by atoms with Gasteiger partial charge in [-0.2, -0.15) is 0 Å². The quantitative estimate of drug-likeness (QED) is 0.439. The normalized spacial score (nSPS) is 13.1. The van der Waals surface area contributed by atoms with Crippen molar-refractivity contribution in [3.8, 4) is 0 Å². The molecular weight excluding hydrogens is 533 g/mol. The average molecular weight is 563 g/mol. The van der Waals surface area contributed by atoms with Crippen LogP contribution in [0, 0.1) is 6.92 Å². The van der Waals surface area contributed by atoms with Gasteiger partial charge in [0.1, 0.15) is 12.6 Å². The summed E-state index contributed by atoms with van der Waals surface area (Å²) in [7, 11) is -3.85. The molecule has 2 amide bonds. The number of aryl methyl sites for hydroxylation is 1. The lowest BCUT2D eigenvalue weighted by atomic mass is 10.1. The summed E-state index contributed by atoms with van der Waals surface area (Å²) in [5.74, 6) is -0.912. The lowest BCUT2D eigenvalue weighted by Crippen LogP contribution is -2.52. The minimum Gasteiger partial charge on any atom is -0.352 e. The topological polar surface area (TPSA) is 86.8 Å². The molecule has 192 valence electrons. The number of carbonyl (C=O) groups excluding carboxylic acids is 2. The Kier molecular flexibility index (Phi) is 10.3. The maximum absolute atomic E-state index is 13.6. The van der Waals surface area contributed by atoms with Crippen LogP contribution < -0.4 is 9.62 Å². The molecule has 0 spiro atoms. The van der Waals surface area contributed by atoms with E-state index in [1.165, 1.54) is 11.0 Å². The third-order valence-electron chi connectivity index (χ3n) is 5.62. The first kappa shape index (κ1) is 29.2. The Morgan fingerprint density at radius 1 is 1.03 bits per heavy atom. The predicted octanol–water partition coefficient (Wildman–Crippen LogP) is 5.05. The second kappa shape index (κ2) is 12.3. The second-order valence-electron chi connectivity index (χ2n) is 8.46. The SMILES string of the molecule is CC[C@H](C)NC(=O)[C@H](C)N(Cc1ccc(Cl)c(Cl)c1)C(=O)CN(c1cc(Cl)ccc1C)S(C)(=O)=O. The van der Waals surface area contributed by atoms with Gasteiger partial charge in [-0.05, 0) is 62.6 Å². The van der Waals surface area contributed by atoms with Crippen molar-refractivity contribution in [3.05, 3.63) is 62.6 Å². The maximum Gasteiger partial charge on any atom is 0.244 e. The summed E-state index contributed by atoms with van der Waals surface area (Å²) in [6.07, 6.45) is 1.73. The molecule has 0 heterocycles. The summed E-state index contributed by atoms with van der Waals surface area (Å²) in [6.45, 7) is 6.64. The van der Waals surface area contributed by atoms with Crippen molar-refractivity contribution < 1.29 is 18.0 Å². The largest absolute Gasteiger partial charge is 0.352 e. The van der Waals surface area contributed by atoms with Crippen molar-refractivity contribution in [1.82, 2.24) is 10.2 Å². The van der Waals surface area contributed by atoms with Gasteiger partial charge in [0, 0.05) is 17.6 Å². The van der Waals surface area contributed by atoms with Crippen LogP contribution in [0.2, 0.25) is 15.1 Å². The van der Waals surface area contributed by atoms with E-state index in [9.17, 15) is 18.0 Å². The highest BCUT2D eigenvalue weighted by molar-refractivity contribution is 7.92. The van der Waals surface area contributed by atoms with Crippen molar-refractivity contribution in [1.29, 1.82) is 0 Å². The van der Waals surface area contributed by atoms with Crippen LogP contribution in [-0.2, 0) is 26.2 Å². The number of nitrogens with one attached hydrogen (secondary N) is 1. The molecule has 2 atom stereocenters. The van der Waals surface area contributed by atoms with Crippen LogP contribution in [0.3, 0.4) is 0 Å². The van der Waals surface area contributed by atoms with Gasteiger partial charge < -0.3 is 10.2 Å². The second-order valence-corrected chi connectivity index (χ2v) is 11.6. The number of benzene rings is 2. The van der Waals surface area contributed by atoms with Gasteiger partial charge in [-0.25, -0.2) is 8.42 Å². The predicted molar refractivity (Wildman–Crippen MR) is 143 cm³/mol. The Morgan fingerprint density at radius 3 is 2.26 bits per heavy atom. The van der Waals surface area contributed by atoms with Crippen molar-refractivity contribution >= 4 is 62.3 Å².